The van der Waals surface area contributed by atoms with Crippen molar-refractivity contribution in [1.29, 1.82) is 0 Å². The van der Waals surface area contributed by atoms with Crippen molar-refractivity contribution in [3.8, 4) is 11.5 Å². The van der Waals surface area contributed by atoms with Crippen molar-refractivity contribution in [2.45, 2.75) is 20.4 Å². The lowest BCUT2D eigenvalue weighted by Gasteiger charge is -2.20. The Labute approximate surface area is 141 Å². The molecule has 1 amide bonds. The number of carbonyl (C=O) groups is 1. The minimum Gasteiger partial charge on any atom is -0.454 e. The minimum atomic E-state index is -0.0550. The van der Waals surface area contributed by atoms with Gasteiger partial charge in [0.25, 0.3) is 0 Å². The number of amides is 1. The number of nitrogens with zero attached hydrogens (tertiary/aromatic N) is 3. The maximum atomic E-state index is 12.3. The van der Waals surface area contributed by atoms with Gasteiger partial charge in [-0.05, 0) is 31.2 Å². The highest BCUT2D eigenvalue weighted by Gasteiger charge is 2.16. The lowest BCUT2D eigenvalue weighted by atomic mass is 10.2. The number of hydrogen-bond donors (Lipinski definition) is 1. The largest absolute Gasteiger partial charge is 0.454 e. The van der Waals surface area contributed by atoms with Crippen LogP contribution in [-0.2, 0) is 18.4 Å². The average Bonchev–Trinajstić information content (AvgIpc) is 3.12. The lowest BCUT2D eigenvalue weighted by molar-refractivity contribution is -0.117. The molecule has 1 aliphatic rings. The van der Waals surface area contributed by atoms with E-state index in [1.165, 1.54) is 0 Å². The summed E-state index contributed by atoms with van der Waals surface area (Å²) in [5.74, 6) is 2.18. The molecule has 1 aromatic heterocycles. The summed E-state index contributed by atoms with van der Waals surface area (Å²) >= 11 is 0. The van der Waals surface area contributed by atoms with Crippen LogP contribution >= 0.6 is 0 Å². The molecule has 0 saturated carbocycles. The van der Waals surface area contributed by atoms with E-state index in [1.54, 1.807) is 4.68 Å². The highest BCUT2D eigenvalue weighted by atomic mass is 16.7. The van der Waals surface area contributed by atoms with Crippen molar-refractivity contribution >= 4 is 11.7 Å². The molecule has 1 aliphatic heterocycles. The van der Waals surface area contributed by atoms with Crippen LogP contribution in [0.4, 0.5) is 5.82 Å². The first-order valence-corrected chi connectivity index (χ1v) is 7.96. The third kappa shape index (κ3) is 3.68. The Balaban J connectivity index is 1.60. The van der Waals surface area contributed by atoms with Gasteiger partial charge < -0.3 is 14.8 Å². The van der Waals surface area contributed by atoms with Gasteiger partial charge in [-0.15, -0.1) is 0 Å². The maximum absolute atomic E-state index is 12.3. The first-order chi connectivity index (χ1) is 11.5. The van der Waals surface area contributed by atoms with Gasteiger partial charge in [0, 0.05) is 19.7 Å². The van der Waals surface area contributed by atoms with Crippen molar-refractivity contribution in [3.63, 3.8) is 0 Å². The first-order valence-electron chi connectivity index (χ1n) is 7.96. The minimum absolute atomic E-state index is 0.0550. The molecule has 0 unspecified atom stereocenters. The second kappa shape index (κ2) is 6.92. The van der Waals surface area contributed by atoms with E-state index < -0.39 is 0 Å². The van der Waals surface area contributed by atoms with Crippen LogP contribution in [0, 0.1) is 6.92 Å². The molecule has 0 spiro atoms. The summed E-state index contributed by atoms with van der Waals surface area (Å²) in [6.45, 7) is 5.96. The van der Waals surface area contributed by atoms with Crippen LogP contribution < -0.4 is 14.8 Å². The van der Waals surface area contributed by atoms with Gasteiger partial charge in [-0.2, -0.15) is 5.10 Å². The van der Waals surface area contributed by atoms with Crippen LogP contribution in [0.2, 0.25) is 0 Å². The van der Waals surface area contributed by atoms with E-state index >= 15 is 0 Å². The van der Waals surface area contributed by atoms with E-state index in [4.69, 9.17) is 9.47 Å². The zero-order valence-corrected chi connectivity index (χ0v) is 14.2. The summed E-state index contributed by atoms with van der Waals surface area (Å²) in [7, 11) is 1.81. The number of anilines is 1. The molecule has 1 N–H and O–H groups in total. The molecule has 0 fully saturated rings. The fourth-order valence-electron chi connectivity index (χ4n) is 2.69. The Hall–Kier alpha value is -2.54. The highest BCUT2D eigenvalue weighted by molar-refractivity contribution is 5.91. The number of benzene rings is 1. The Kier molecular flexibility index (Phi) is 4.71. The van der Waals surface area contributed by atoms with Crippen molar-refractivity contribution in [1.82, 2.24) is 14.7 Å². The molecular weight excluding hydrogens is 308 g/mol. The maximum Gasteiger partial charge on any atom is 0.239 e. The monoisotopic (exact) mass is 330 g/mol. The molecule has 0 bridgehead atoms. The molecule has 2 heterocycles. The van der Waals surface area contributed by atoms with Gasteiger partial charge in [0.1, 0.15) is 5.82 Å². The van der Waals surface area contributed by atoms with Gasteiger partial charge in [-0.3, -0.25) is 14.4 Å². The molecule has 128 valence electrons. The van der Waals surface area contributed by atoms with E-state index in [9.17, 15) is 4.79 Å². The summed E-state index contributed by atoms with van der Waals surface area (Å²) in [5, 5.41) is 7.13. The predicted molar refractivity (Wildman–Crippen MR) is 90.1 cm³/mol. The number of fused-ring (bicyclic) bond motifs is 1. The van der Waals surface area contributed by atoms with Crippen LogP contribution in [0.5, 0.6) is 11.5 Å². The van der Waals surface area contributed by atoms with E-state index in [0.29, 0.717) is 18.9 Å². The molecule has 3 rings (SSSR count). The predicted octanol–water partition coefficient (Wildman–Crippen LogP) is 1.92. The van der Waals surface area contributed by atoms with Crippen LogP contribution in [0.3, 0.4) is 0 Å². The molecule has 24 heavy (non-hydrogen) atoms. The third-order valence-corrected chi connectivity index (χ3v) is 3.93. The smallest absolute Gasteiger partial charge is 0.239 e. The van der Waals surface area contributed by atoms with Gasteiger partial charge in [0.15, 0.2) is 11.5 Å². The fourth-order valence-corrected chi connectivity index (χ4v) is 2.69. The molecule has 0 atom stereocenters. The number of hydrogen-bond acceptors (Lipinski definition) is 5. The number of carbonyl (C=O) groups excluding carboxylic acids is 1. The zero-order chi connectivity index (χ0) is 17.1. The summed E-state index contributed by atoms with van der Waals surface area (Å²) in [5.41, 5.74) is 1.96. The number of aromatic nitrogens is 2. The summed E-state index contributed by atoms with van der Waals surface area (Å²) in [6, 6.07) is 7.72. The van der Waals surface area contributed by atoms with E-state index in [0.717, 1.165) is 29.3 Å². The van der Waals surface area contributed by atoms with Crippen LogP contribution in [0.25, 0.3) is 0 Å². The number of rotatable bonds is 6. The van der Waals surface area contributed by atoms with Crippen molar-refractivity contribution < 1.29 is 14.3 Å². The van der Waals surface area contributed by atoms with Gasteiger partial charge in [0.2, 0.25) is 12.7 Å². The number of ether oxygens (including phenoxy) is 2. The third-order valence-electron chi connectivity index (χ3n) is 3.93. The van der Waals surface area contributed by atoms with E-state index in [2.05, 4.69) is 15.3 Å². The Morgan fingerprint density at radius 3 is 2.83 bits per heavy atom. The number of likely N-dealkylation sites (N-methyl/N-ethyl adjacent to an activating group) is 1. The van der Waals surface area contributed by atoms with Crippen molar-refractivity contribution in [2.24, 2.45) is 7.05 Å². The standard InChI is InChI=1S/C17H22N4O3/c1-4-21(9-13-5-6-14-15(8-13)24-11-23-14)10-17(22)18-16-7-12(2)19-20(16)3/h5-8H,4,9-11H2,1-3H3,(H,18,22). The molecule has 0 radical (unpaired) electrons. The van der Waals surface area contributed by atoms with Crippen molar-refractivity contribution in [3.05, 3.63) is 35.5 Å². The Morgan fingerprint density at radius 1 is 1.33 bits per heavy atom. The topological polar surface area (TPSA) is 68.6 Å². The normalized spacial score (nSPS) is 12.7. The van der Waals surface area contributed by atoms with Crippen LogP contribution in [0.15, 0.2) is 24.3 Å². The molecule has 0 aliphatic carbocycles. The fraction of sp³-hybridized carbons (Fsp3) is 0.412. The molecule has 1 aromatic carbocycles. The quantitative estimate of drug-likeness (QED) is 0.876. The van der Waals surface area contributed by atoms with E-state index in [1.807, 2.05) is 45.2 Å². The summed E-state index contributed by atoms with van der Waals surface area (Å²) < 4.78 is 12.4. The van der Waals surface area contributed by atoms with Crippen LogP contribution in [-0.4, -0.2) is 40.5 Å². The number of nitrogens with one attached hydrogen (secondary N) is 1. The average molecular weight is 330 g/mol. The van der Waals surface area contributed by atoms with Gasteiger partial charge in [0.05, 0.1) is 12.2 Å². The highest BCUT2D eigenvalue weighted by Crippen LogP contribution is 2.32. The molecule has 2 aromatic rings. The van der Waals surface area contributed by atoms with Crippen LogP contribution in [0.1, 0.15) is 18.2 Å². The molecule has 7 nitrogen and oxygen atoms in total. The van der Waals surface area contributed by atoms with Gasteiger partial charge in [-0.25, -0.2) is 0 Å². The first kappa shape index (κ1) is 16.3. The SMILES string of the molecule is CCN(CC(=O)Nc1cc(C)nn1C)Cc1ccc2c(c1)OCO2. The second-order valence-electron chi connectivity index (χ2n) is 5.83. The molecule has 0 saturated heterocycles. The van der Waals surface area contributed by atoms with E-state index in [-0.39, 0.29) is 12.7 Å². The Morgan fingerprint density at radius 2 is 2.12 bits per heavy atom. The van der Waals surface area contributed by atoms with Gasteiger partial charge >= 0.3 is 0 Å². The number of aryl methyl sites for hydroxylation is 2. The van der Waals surface area contributed by atoms with Gasteiger partial charge in [-0.1, -0.05) is 13.0 Å². The molecule has 7 heteroatoms. The summed E-state index contributed by atoms with van der Waals surface area (Å²) in [6.07, 6.45) is 0. The second-order valence-corrected chi connectivity index (χ2v) is 5.83. The van der Waals surface area contributed by atoms with Crippen molar-refractivity contribution in [2.75, 3.05) is 25.2 Å². The Bertz CT molecular complexity index is 741. The molecular formula is C17H22N4O3. The summed E-state index contributed by atoms with van der Waals surface area (Å²) in [4.78, 5) is 14.3. The lowest BCUT2D eigenvalue weighted by Crippen LogP contribution is -2.33. The zero-order valence-electron chi connectivity index (χ0n) is 14.2.